The van der Waals surface area contributed by atoms with Gasteiger partial charge in [-0.2, -0.15) is 0 Å². The van der Waals surface area contributed by atoms with Gasteiger partial charge in [0.05, 0.1) is 0 Å². The topological polar surface area (TPSA) is 36.9 Å². The average Bonchev–Trinajstić information content (AvgIpc) is 2.09. The van der Waals surface area contributed by atoms with Crippen molar-refractivity contribution in [1.82, 2.24) is 0 Å². The van der Waals surface area contributed by atoms with Gasteiger partial charge in [0, 0.05) is 14.2 Å². The van der Waals surface area contributed by atoms with Crippen LogP contribution in [0.15, 0.2) is 11.5 Å². The third-order valence-electron chi connectivity index (χ3n) is 1.77. The summed E-state index contributed by atoms with van der Waals surface area (Å²) < 4.78 is 20.7. The highest BCUT2D eigenvalue weighted by Gasteiger charge is 2.29. The maximum Gasteiger partial charge on any atom is 0.262 e. The molecule has 1 aliphatic rings. The van der Waals surface area contributed by atoms with E-state index >= 15 is 0 Å². The summed E-state index contributed by atoms with van der Waals surface area (Å²) >= 11 is 0. The Hall–Kier alpha value is -0.740. The summed E-state index contributed by atoms with van der Waals surface area (Å²) in [7, 11) is 3.10. The third-order valence-corrected chi connectivity index (χ3v) is 1.77. The number of ether oxygens (including phenoxy) is 4. The molecule has 0 saturated heterocycles. The molecule has 0 N–H and O–H groups in total. The summed E-state index contributed by atoms with van der Waals surface area (Å²) in [5.74, 6) is 1.46. The summed E-state index contributed by atoms with van der Waals surface area (Å²) in [6, 6.07) is 0. The van der Waals surface area contributed by atoms with Crippen LogP contribution in [-0.4, -0.2) is 26.8 Å². The Morgan fingerprint density at radius 1 is 0.917 bits per heavy atom. The largest absolute Gasteiger partial charge is 0.459 e. The summed E-state index contributed by atoms with van der Waals surface area (Å²) in [6.45, 7) is 3.65. The highest BCUT2D eigenvalue weighted by molar-refractivity contribution is 4.98. The van der Waals surface area contributed by atoms with E-state index in [1.54, 1.807) is 14.2 Å². The monoisotopic (exact) mass is 174 g/mol. The van der Waals surface area contributed by atoms with Gasteiger partial charge >= 0.3 is 0 Å². The summed E-state index contributed by atoms with van der Waals surface area (Å²) in [5, 5.41) is 0. The van der Waals surface area contributed by atoms with Crippen LogP contribution in [0.5, 0.6) is 0 Å². The first kappa shape index (κ1) is 9.35. The van der Waals surface area contributed by atoms with Crippen molar-refractivity contribution < 1.29 is 18.9 Å². The first-order valence-electron chi connectivity index (χ1n) is 3.75. The normalized spacial score (nSPS) is 29.7. The third kappa shape index (κ3) is 1.70. The molecule has 0 radical (unpaired) electrons. The van der Waals surface area contributed by atoms with E-state index in [4.69, 9.17) is 18.9 Å². The number of hydrogen-bond donors (Lipinski definition) is 0. The number of rotatable bonds is 2. The van der Waals surface area contributed by atoms with E-state index in [-0.39, 0.29) is 0 Å². The molecule has 1 rings (SSSR count). The van der Waals surface area contributed by atoms with E-state index in [2.05, 4.69) is 0 Å². The van der Waals surface area contributed by atoms with Crippen molar-refractivity contribution in [1.29, 1.82) is 0 Å². The molecule has 0 aromatic carbocycles. The van der Waals surface area contributed by atoms with Gasteiger partial charge in [-0.05, 0) is 13.8 Å². The van der Waals surface area contributed by atoms with Gasteiger partial charge in [0.1, 0.15) is 11.5 Å². The summed E-state index contributed by atoms with van der Waals surface area (Å²) in [6.07, 6.45) is -0.947. The molecule has 1 heterocycles. The van der Waals surface area contributed by atoms with Crippen LogP contribution in [0, 0.1) is 0 Å². The Morgan fingerprint density at radius 2 is 1.25 bits per heavy atom. The molecule has 0 bridgehead atoms. The average molecular weight is 174 g/mol. The molecule has 0 amide bonds. The first-order valence-corrected chi connectivity index (χ1v) is 3.75. The van der Waals surface area contributed by atoms with Gasteiger partial charge < -0.3 is 18.9 Å². The lowest BCUT2D eigenvalue weighted by Gasteiger charge is -2.31. The number of methoxy groups -OCH3 is 2. The zero-order chi connectivity index (χ0) is 9.14. The van der Waals surface area contributed by atoms with Crippen molar-refractivity contribution in [2.24, 2.45) is 0 Å². The first-order chi connectivity index (χ1) is 5.69. The molecule has 12 heavy (non-hydrogen) atoms. The Kier molecular flexibility index (Phi) is 2.94. The minimum Gasteiger partial charge on any atom is -0.459 e. The van der Waals surface area contributed by atoms with Crippen molar-refractivity contribution in [2.75, 3.05) is 14.2 Å². The maximum absolute atomic E-state index is 5.36. The van der Waals surface area contributed by atoms with Crippen LogP contribution in [0.3, 0.4) is 0 Å². The number of allylic oxidation sites excluding steroid dienone is 2. The van der Waals surface area contributed by atoms with Crippen molar-refractivity contribution in [3.63, 3.8) is 0 Å². The fourth-order valence-corrected chi connectivity index (χ4v) is 0.944. The second kappa shape index (κ2) is 3.78. The quantitative estimate of drug-likeness (QED) is 0.631. The molecule has 0 fully saturated rings. The predicted molar refractivity (Wildman–Crippen MR) is 42.1 cm³/mol. The van der Waals surface area contributed by atoms with Gasteiger partial charge in [0.25, 0.3) is 12.6 Å². The van der Waals surface area contributed by atoms with Gasteiger partial charge in [-0.3, -0.25) is 0 Å². The minimum absolute atomic E-state index is 0.473. The zero-order valence-corrected chi connectivity index (χ0v) is 7.79. The van der Waals surface area contributed by atoms with Crippen LogP contribution < -0.4 is 0 Å². The van der Waals surface area contributed by atoms with Crippen LogP contribution in [0.2, 0.25) is 0 Å². The van der Waals surface area contributed by atoms with Crippen molar-refractivity contribution >= 4 is 0 Å². The lowest BCUT2D eigenvalue weighted by Crippen LogP contribution is -2.37. The Morgan fingerprint density at radius 3 is 1.50 bits per heavy atom. The van der Waals surface area contributed by atoms with E-state index < -0.39 is 12.6 Å². The molecule has 0 aromatic heterocycles. The molecule has 1 aliphatic heterocycles. The Balaban J connectivity index is 2.68. The highest BCUT2D eigenvalue weighted by atomic mass is 16.8. The number of hydrogen-bond acceptors (Lipinski definition) is 4. The molecule has 4 nitrogen and oxygen atoms in total. The molecule has 0 aromatic rings. The van der Waals surface area contributed by atoms with Crippen LogP contribution in [0.25, 0.3) is 0 Å². The standard InChI is InChI=1S/C8H14O4/c1-5-6(2)12-8(10-4)7(9-3)11-5/h7-8H,1-4H3. The van der Waals surface area contributed by atoms with Gasteiger partial charge in [-0.1, -0.05) is 0 Å². The van der Waals surface area contributed by atoms with Crippen LogP contribution >= 0.6 is 0 Å². The van der Waals surface area contributed by atoms with E-state index in [1.807, 2.05) is 13.8 Å². The van der Waals surface area contributed by atoms with E-state index in [0.29, 0.717) is 0 Å². The van der Waals surface area contributed by atoms with Crippen LogP contribution in [0.1, 0.15) is 13.8 Å². The highest BCUT2D eigenvalue weighted by Crippen LogP contribution is 2.22. The second-order valence-electron chi connectivity index (χ2n) is 2.56. The lowest BCUT2D eigenvalue weighted by atomic mass is 10.4. The van der Waals surface area contributed by atoms with Crippen LogP contribution in [-0.2, 0) is 18.9 Å². The molecule has 0 spiro atoms. The van der Waals surface area contributed by atoms with Crippen molar-refractivity contribution in [3.8, 4) is 0 Å². The smallest absolute Gasteiger partial charge is 0.262 e. The Labute approximate surface area is 72.1 Å². The predicted octanol–water partition coefficient (Wildman–Crippen LogP) is 1.23. The Bertz CT molecular complexity index is 167. The van der Waals surface area contributed by atoms with Gasteiger partial charge in [0.2, 0.25) is 0 Å². The summed E-state index contributed by atoms with van der Waals surface area (Å²) in [5.41, 5.74) is 0. The van der Waals surface area contributed by atoms with Gasteiger partial charge in [-0.15, -0.1) is 0 Å². The molecule has 2 unspecified atom stereocenters. The second-order valence-corrected chi connectivity index (χ2v) is 2.56. The van der Waals surface area contributed by atoms with Gasteiger partial charge in [0.15, 0.2) is 0 Å². The van der Waals surface area contributed by atoms with Crippen molar-refractivity contribution in [2.45, 2.75) is 26.4 Å². The molecular weight excluding hydrogens is 160 g/mol. The molecular formula is C8H14O4. The van der Waals surface area contributed by atoms with E-state index in [1.165, 1.54) is 0 Å². The summed E-state index contributed by atoms with van der Waals surface area (Å²) in [4.78, 5) is 0. The van der Waals surface area contributed by atoms with E-state index in [0.717, 1.165) is 11.5 Å². The zero-order valence-electron chi connectivity index (χ0n) is 7.79. The maximum atomic E-state index is 5.36. The minimum atomic E-state index is -0.473. The molecule has 70 valence electrons. The van der Waals surface area contributed by atoms with Crippen LogP contribution in [0.4, 0.5) is 0 Å². The lowest BCUT2D eigenvalue weighted by molar-refractivity contribution is -0.266. The molecule has 0 saturated carbocycles. The molecule has 4 heteroatoms. The van der Waals surface area contributed by atoms with Gasteiger partial charge in [-0.25, -0.2) is 0 Å². The molecule has 0 aliphatic carbocycles. The SMILES string of the molecule is COC1OC(C)=C(C)OC1OC. The van der Waals surface area contributed by atoms with E-state index in [9.17, 15) is 0 Å². The molecule has 2 atom stereocenters. The fraction of sp³-hybridized carbons (Fsp3) is 0.750. The van der Waals surface area contributed by atoms with Crippen molar-refractivity contribution in [3.05, 3.63) is 11.5 Å². The fourth-order valence-electron chi connectivity index (χ4n) is 0.944.